The predicted octanol–water partition coefficient (Wildman–Crippen LogP) is 2.85. The van der Waals surface area contributed by atoms with Crippen LogP contribution in [0.2, 0.25) is 0 Å². The number of aryl methyl sites for hydroxylation is 1. The molecule has 1 unspecified atom stereocenters. The number of hydrogen-bond acceptors (Lipinski definition) is 3. The topological polar surface area (TPSA) is 37.8 Å². The van der Waals surface area contributed by atoms with E-state index in [0.717, 1.165) is 18.1 Å². The second kappa shape index (κ2) is 5.91. The average molecular weight is 228 g/mol. The van der Waals surface area contributed by atoms with Crippen LogP contribution >= 0.6 is 11.6 Å². The first-order chi connectivity index (χ1) is 7.13. The zero-order chi connectivity index (χ0) is 11.3. The smallest absolute Gasteiger partial charge is 0.129 e. The standard InChI is InChI=1S/C11H18ClN3/c1-8(2)10(4-6-12)15-11-5-7-13-9(3)14-11/h5,7-8,10H,4,6H2,1-3H3,(H,13,14,15). The van der Waals surface area contributed by atoms with Crippen molar-refractivity contribution in [2.24, 2.45) is 5.92 Å². The van der Waals surface area contributed by atoms with Gasteiger partial charge in [-0.2, -0.15) is 0 Å². The summed E-state index contributed by atoms with van der Waals surface area (Å²) in [5, 5.41) is 3.38. The Balaban J connectivity index is 2.65. The first kappa shape index (κ1) is 12.2. The maximum atomic E-state index is 5.77. The van der Waals surface area contributed by atoms with Crippen molar-refractivity contribution in [1.82, 2.24) is 9.97 Å². The number of nitrogens with zero attached hydrogens (tertiary/aromatic N) is 2. The number of aromatic nitrogens is 2. The lowest BCUT2D eigenvalue weighted by molar-refractivity contribution is 0.511. The highest BCUT2D eigenvalue weighted by atomic mass is 35.5. The summed E-state index contributed by atoms with van der Waals surface area (Å²) in [5.41, 5.74) is 0. The van der Waals surface area contributed by atoms with E-state index >= 15 is 0 Å². The molecule has 0 aromatic carbocycles. The summed E-state index contributed by atoms with van der Waals surface area (Å²) in [6.07, 6.45) is 2.71. The van der Waals surface area contributed by atoms with Gasteiger partial charge < -0.3 is 5.32 Å². The number of halogens is 1. The van der Waals surface area contributed by atoms with Gasteiger partial charge in [0, 0.05) is 18.1 Å². The fourth-order valence-electron chi connectivity index (χ4n) is 1.42. The van der Waals surface area contributed by atoms with Gasteiger partial charge in [0.2, 0.25) is 0 Å². The Kier molecular flexibility index (Phi) is 4.82. The van der Waals surface area contributed by atoms with E-state index < -0.39 is 0 Å². The summed E-state index contributed by atoms with van der Waals surface area (Å²) in [4.78, 5) is 8.37. The normalized spacial score (nSPS) is 12.9. The summed E-state index contributed by atoms with van der Waals surface area (Å²) in [5.74, 6) is 2.87. The maximum Gasteiger partial charge on any atom is 0.129 e. The molecule has 0 radical (unpaired) electrons. The zero-order valence-corrected chi connectivity index (χ0v) is 10.3. The third-order valence-corrected chi connectivity index (χ3v) is 2.55. The highest BCUT2D eigenvalue weighted by Gasteiger charge is 2.12. The zero-order valence-electron chi connectivity index (χ0n) is 9.50. The third kappa shape index (κ3) is 4.04. The lowest BCUT2D eigenvalue weighted by atomic mass is 10.0. The monoisotopic (exact) mass is 227 g/mol. The molecule has 4 heteroatoms. The van der Waals surface area contributed by atoms with E-state index in [4.69, 9.17) is 11.6 Å². The van der Waals surface area contributed by atoms with Crippen LogP contribution in [0.4, 0.5) is 5.82 Å². The van der Waals surface area contributed by atoms with Crippen molar-refractivity contribution < 1.29 is 0 Å². The number of rotatable bonds is 5. The molecule has 0 saturated heterocycles. The predicted molar refractivity (Wildman–Crippen MR) is 64.4 cm³/mol. The Bertz CT molecular complexity index is 302. The van der Waals surface area contributed by atoms with Crippen LogP contribution in [0.25, 0.3) is 0 Å². The van der Waals surface area contributed by atoms with Gasteiger partial charge in [0.25, 0.3) is 0 Å². The fourth-order valence-corrected chi connectivity index (χ4v) is 1.65. The van der Waals surface area contributed by atoms with Gasteiger partial charge >= 0.3 is 0 Å². The first-order valence-corrected chi connectivity index (χ1v) is 5.79. The van der Waals surface area contributed by atoms with Crippen molar-refractivity contribution in [2.45, 2.75) is 33.2 Å². The molecule has 1 N–H and O–H groups in total. The Morgan fingerprint density at radius 1 is 1.47 bits per heavy atom. The third-order valence-electron chi connectivity index (χ3n) is 2.33. The molecule has 0 aliphatic rings. The molecule has 0 fully saturated rings. The van der Waals surface area contributed by atoms with Crippen molar-refractivity contribution in [2.75, 3.05) is 11.2 Å². The van der Waals surface area contributed by atoms with Crippen molar-refractivity contribution >= 4 is 17.4 Å². The Labute approximate surface area is 96.3 Å². The van der Waals surface area contributed by atoms with Gasteiger partial charge in [0.1, 0.15) is 11.6 Å². The molecule has 0 spiro atoms. The van der Waals surface area contributed by atoms with Gasteiger partial charge in [0.05, 0.1) is 0 Å². The summed E-state index contributed by atoms with van der Waals surface area (Å²) in [6.45, 7) is 6.24. The summed E-state index contributed by atoms with van der Waals surface area (Å²) >= 11 is 5.77. The molecule has 0 bridgehead atoms. The Morgan fingerprint density at radius 2 is 2.20 bits per heavy atom. The lowest BCUT2D eigenvalue weighted by Gasteiger charge is -2.21. The SMILES string of the molecule is Cc1nccc(NC(CCCl)C(C)C)n1. The lowest BCUT2D eigenvalue weighted by Crippen LogP contribution is -2.26. The van der Waals surface area contributed by atoms with E-state index in [-0.39, 0.29) is 0 Å². The molecule has 0 saturated carbocycles. The summed E-state index contributed by atoms with van der Waals surface area (Å²) < 4.78 is 0. The van der Waals surface area contributed by atoms with E-state index in [1.807, 2.05) is 13.0 Å². The summed E-state index contributed by atoms with van der Waals surface area (Å²) in [7, 11) is 0. The molecule has 3 nitrogen and oxygen atoms in total. The van der Waals surface area contributed by atoms with Gasteiger partial charge in [-0.25, -0.2) is 9.97 Å². The molecule has 84 valence electrons. The molecular weight excluding hydrogens is 210 g/mol. The average Bonchev–Trinajstić information content (AvgIpc) is 2.17. The molecule has 0 amide bonds. The largest absolute Gasteiger partial charge is 0.367 e. The highest BCUT2D eigenvalue weighted by Crippen LogP contribution is 2.13. The number of hydrogen-bond donors (Lipinski definition) is 1. The fraction of sp³-hybridized carbons (Fsp3) is 0.636. The molecule has 1 rings (SSSR count). The van der Waals surface area contributed by atoms with Crippen LogP contribution in [0.15, 0.2) is 12.3 Å². The van der Waals surface area contributed by atoms with Crippen molar-refractivity contribution in [3.05, 3.63) is 18.1 Å². The minimum atomic E-state index is 0.372. The number of nitrogens with one attached hydrogen (secondary N) is 1. The Morgan fingerprint density at radius 3 is 2.73 bits per heavy atom. The molecule has 1 aromatic rings. The van der Waals surface area contributed by atoms with Crippen LogP contribution in [-0.2, 0) is 0 Å². The minimum Gasteiger partial charge on any atom is -0.367 e. The van der Waals surface area contributed by atoms with Crippen LogP contribution in [0.5, 0.6) is 0 Å². The minimum absolute atomic E-state index is 0.372. The molecule has 1 atom stereocenters. The molecule has 1 aromatic heterocycles. The van der Waals surface area contributed by atoms with E-state index in [9.17, 15) is 0 Å². The molecule has 0 aliphatic carbocycles. The summed E-state index contributed by atoms with van der Waals surface area (Å²) in [6, 6.07) is 2.26. The van der Waals surface area contributed by atoms with Gasteiger partial charge in [0.15, 0.2) is 0 Å². The van der Waals surface area contributed by atoms with Gasteiger partial charge in [-0.1, -0.05) is 13.8 Å². The van der Waals surface area contributed by atoms with Crippen molar-refractivity contribution in [3.63, 3.8) is 0 Å². The molecular formula is C11H18ClN3. The molecule has 0 aliphatic heterocycles. The van der Waals surface area contributed by atoms with E-state index in [2.05, 4.69) is 29.1 Å². The second-order valence-electron chi connectivity index (χ2n) is 3.96. The van der Waals surface area contributed by atoms with Crippen LogP contribution in [0.1, 0.15) is 26.1 Å². The van der Waals surface area contributed by atoms with Crippen molar-refractivity contribution in [3.8, 4) is 0 Å². The molecule has 15 heavy (non-hydrogen) atoms. The highest BCUT2D eigenvalue weighted by molar-refractivity contribution is 6.17. The number of anilines is 1. The first-order valence-electron chi connectivity index (χ1n) is 5.25. The van der Waals surface area contributed by atoms with Gasteiger partial charge in [-0.05, 0) is 25.3 Å². The van der Waals surface area contributed by atoms with E-state index in [1.54, 1.807) is 6.20 Å². The van der Waals surface area contributed by atoms with Crippen LogP contribution in [0, 0.1) is 12.8 Å². The van der Waals surface area contributed by atoms with Crippen LogP contribution in [-0.4, -0.2) is 21.9 Å². The van der Waals surface area contributed by atoms with E-state index in [1.165, 1.54) is 0 Å². The maximum absolute atomic E-state index is 5.77. The molecule has 1 heterocycles. The second-order valence-corrected chi connectivity index (χ2v) is 4.34. The number of alkyl halides is 1. The quantitative estimate of drug-likeness (QED) is 0.787. The Hall–Kier alpha value is -0.830. The van der Waals surface area contributed by atoms with Gasteiger partial charge in [-0.3, -0.25) is 0 Å². The van der Waals surface area contributed by atoms with Gasteiger partial charge in [-0.15, -0.1) is 11.6 Å². The van der Waals surface area contributed by atoms with Crippen LogP contribution < -0.4 is 5.32 Å². The van der Waals surface area contributed by atoms with Crippen LogP contribution in [0.3, 0.4) is 0 Å². The van der Waals surface area contributed by atoms with E-state index in [0.29, 0.717) is 17.8 Å². The van der Waals surface area contributed by atoms with Crippen molar-refractivity contribution in [1.29, 1.82) is 0 Å².